The smallest absolute Gasteiger partial charge is 0.407 e. The van der Waals surface area contributed by atoms with Gasteiger partial charge in [-0.1, -0.05) is 12.1 Å². The molecule has 0 fully saturated rings. The van der Waals surface area contributed by atoms with Gasteiger partial charge < -0.3 is 15.5 Å². The highest BCUT2D eigenvalue weighted by Crippen LogP contribution is 2.16. The summed E-state index contributed by atoms with van der Waals surface area (Å²) in [6, 6.07) is 4.56. The number of carbonyl (C=O) groups excluding carboxylic acids is 2. The molecular formula is C14H14N6O4. The topological polar surface area (TPSA) is 138 Å². The molecule has 0 aliphatic rings. The van der Waals surface area contributed by atoms with E-state index in [0.717, 1.165) is 4.57 Å². The molecule has 3 rings (SSSR count). The van der Waals surface area contributed by atoms with Crippen molar-refractivity contribution in [2.45, 2.75) is 19.9 Å². The van der Waals surface area contributed by atoms with Crippen molar-refractivity contribution in [3.05, 3.63) is 34.9 Å². The SMILES string of the molecule is CCC(=O)Nc1cn(CC(=O)n2c(=O)oc3cc(N)ccc32)nn1. The van der Waals surface area contributed by atoms with Gasteiger partial charge in [0.15, 0.2) is 11.4 Å². The standard InChI is InChI=1S/C14H14N6O4/c1-2-12(21)16-11-6-19(18-17-11)7-13(22)20-9-4-3-8(15)5-10(9)24-14(20)23/h3-6H,2,7,15H2,1H3,(H,16,21). The first kappa shape index (κ1) is 15.5. The molecule has 3 aromatic rings. The van der Waals surface area contributed by atoms with Crippen molar-refractivity contribution < 1.29 is 14.0 Å². The number of hydrogen-bond donors (Lipinski definition) is 2. The van der Waals surface area contributed by atoms with E-state index >= 15 is 0 Å². The zero-order valence-electron chi connectivity index (χ0n) is 12.7. The molecule has 0 aliphatic carbocycles. The number of fused-ring (bicyclic) bond motifs is 1. The molecule has 0 saturated carbocycles. The summed E-state index contributed by atoms with van der Waals surface area (Å²) in [5, 5.41) is 10.0. The molecule has 3 N–H and O–H groups in total. The Morgan fingerprint density at radius 1 is 1.38 bits per heavy atom. The Morgan fingerprint density at radius 2 is 2.17 bits per heavy atom. The molecule has 2 heterocycles. The van der Waals surface area contributed by atoms with Gasteiger partial charge in [-0.25, -0.2) is 14.0 Å². The molecule has 0 spiro atoms. The lowest BCUT2D eigenvalue weighted by Crippen LogP contribution is -2.26. The summed E-state index contributed by atoms with van der Waals surface area (Å²) >= 11 is 0. The Kier molecular flexibility index (Phi) is 3.86. The summed E-state index contributed by atoms with van der Waals surface area (Å²) in [5.74, 6) is -1.35. The van der Waals surface area contributed by atoms with E-state index < -0.39 is 11.7 Å². The van der Waals surface area contributed by atoms with Crippen LogP contribution in [0.15, 0.2) is 33.6 Å². The van der Waals surface area contributed by atoms with Crippen molar-refractivity contribution in [2.24, 2.45) is 0 Å². The number of nitrogens with one attached hydrogen (secondary N) is 1. The third-order valence-corrected chi connectivity index (χ3v) is 3.28. The van der Waals surface area contributed by atoms with Gasteiger partial charge in [-0.15, -0.1) is 5.10 Å². The fourth-order valence-corrected chi connectivity index (χ4v) is 2.14. The fourth-order valence-electron chi connectivity index (χ4n) is 2.14. The van der Waals surface area contributed by atoms with E-state index in [4.69, 9.17) is 10.2 Å². The maximum Gasteiger partial charge on any atom is 0.426 e. The number of aromatic nitrogens is 4. The summed E-state index contributed by atoms with van der Waals surface area (Å²) in [6.45, 7) is 1.46. The molecule has 2 aromatic heterocycles. The van der Waals surface area contributed by atoms with Crippen molar-refractivity contribution in [3.63, 3.8) is 0 Å². The summed E-state index contributed by atoms with van der Waals surface area (Å²) in [7, 11) is 0. The zero-order valence-corrected chi connectivity index (χ0v) is 12.7. The van der Waals surface area contributed by atoms with Gasteiger partial charge in [0.25, 0.3) is 5.91 Å². The van der Waals surface area contributed by atoms with Crippen LogP contribution in [0.3, 0.4) is 0 Å². The van der Waals surface area contributed by atoms with Crippen LogP contribution in [0.1, 0.15) is 18.1 Å². The summed E-state index contributed by atoms with van der Waals surface area (Å²) < 4.78 is 7.14. The number of oxazole rings is 1. The zero-order chi connectivity index (χ0) is 17.3. The Morgan fingerprint density at radius 3 is 2.92 bits per heavy atom. The van der Waals surface area contributed by atoms with Crippen molar-refractivity contribution >= 4 is 34.4 Å². The molecule has 0 aliphatic heterocycles. The molecule has 1 aromatic carbocycles. The van der Waals surface area contributed by atoms with E-state index in [1.807, 2.05) is 0 Å². The lowest BCUT2D eigenvalue weighted by molar-refractivity contribution is -0.115. The van der Waals surface area contributed by atoms with Crippen LogP contribution in [-0.4, -0.2) is 31.4 Å². The number of benzene rings is 1. The molecule has 24 heavy (non-hydrogen) atoms. The monoisotopic (exact) mass is 330 g/mol. The van der Waals surface area contributed by atoms with Crippen LogP contribution in [0.5, 0.6) is 0 Å². The van der Waals surface area contributed by atoms with Gasteiger partial charge >= 0.3 is 5.76 Å². The average Bonchev–Trinajstić information content (AvgIpc) is 3.09. The normalized spacial score (nSPS) is 10.9. The van der Waals surface area contributed by atoms with Gasteiger partial charge in [0, 0.05) is 18.2 Å². The molecule has 0 atom stereocenters. The highest BCUT2D eigenvalue weighted by atomic mass is 16.4. The maximum atomic E-state index is 12.4. The van der Waals surface area contributed by atoms with Gasteiger partial charge in [-0.2, -0.15) is 0 Å². The molecule has 1 amide bonds. The van der Waals surface area contributed by atoms with Crippen LogP contribution in [0.2, 0.25) is 0 Å². The van der Waals surface area contributed by atoms with Crippen LogP contribution >= 0.6 is 0 Å². The Bertz CT molecular complexity index is 983. The number of nitrogens with zero attached hydrogens (tertiary/aromatic N) is 4. The van der Waals surface area contributed by atoms with E-state index in [1.165, 1.54) is 23.0 Å². The van der Waals surface area contributed by atoms with Crippen molar-refractivity contribution in [2.75, 3.05) is 11.1 Å². The largest absolute Gasteiger partial charge is 0.426 e. The average molecular weight is 330 g/mol. The minimum absolute atomic E-state index is 0.219. The summed E-state index contributed by atoms with van der Waals surface area (Å²) in [4.78, 5) is 35.6. The lowest BCUT2D eigenvalue weighted by atomic mass is 10.3. The highest BCUT2D eigenvalue weighted by Gasteiger charge is 2.17. The van der Waals surface area contributed by atoms with E-state index in [0.29, 0.717) is 17.6 Å². The minimum atomic E-state index is -0.805. The number of hydrogen-bond acceptors (Lipinski definition) is 7. The van der Waals surface area contributed by atoms with Gasteiger partial charge in [0.2, 0.25) is 5.91 Å². The number of rotatable bonds is 4. The van der Waals surface area contributed by atoms with E-state index in [-0.39, 0.29) is 23.9 Å². The highest BCUT2D eigenvalue weighted by molar-refractivity contribution is 5.90. The number of amides is 1. The van der Waals surface area contributed by atoms with Gasteiger partial charge in [0.1, 0.15) is 6.54 Å². The first-order valence-electron chi connectivity index (χ1n) is 7.12. The second-order valence-electron chi connectivity index (χ2n) is 5.03. The van der Waals surface area contributed by atoms with Crippen LogP contribution in [0.4, 0.5) is 11.5 Å². The van der Waals surface area contributed by atoms with Crippen LogP contribution in [-0.2, 0) is 11.3 Å². The quantitative estimate of drug-likeness (QED) is 0.662. The molecule has 10 heteroatoms. The second kappa shape index (κ2) is 5.99. The van der Waals surface area contributed by atoms with Gasteiger partial charge in [-0.05, 0) is 12.1 Å². The summed E-state index contributed by atoms with van der Waals surface area (Å²) in [5.41, 5.74) is 6.59. The molecule has 10 nitrogen and oxygen atoms in total. The van der Waals surface area contributed by atoms with Crippen LogP contribution < -0.4 is 16.8 Å². The van der Waals surface area contributed by atoms with Gasteiger partial charge in [0.05, 0.1) is 11.7 Å². The third-order valence-electron chi connectivity index (χ3n) is 3.28. The lowest BCUT2D eigenvalue weighted by Gasteiger charge is -2.01. The van der Waals surface area contributed by atoms with E-state index in [9.17, 15) is 14.4 Å². The predicted octanol–water partition coefficient (Wildman–Crippen LogP) is 0.457. The Hall–Kier alpha value is -3.43. The molecular weight excluding hydrogens is 316 g/mol. The number of carbonyl (C=O) groups is 2. The van der Waals surface area contributed by atoms with Gasteiger partial charge in [-0.3, -0.25) is 9.59 Å². The number of nitrogen functional groups attached to an aromatic ring is 1. The van der Waals surface area contributed by atoms with E-state index in [1.54, 1.807) is 13.0 Å². The Balaban J connectivity index is 1.84. The minimum Gasteiger partial charge on any atom is -0.407 e. The number of anilines is 2. The first-order chi connectivity index (χ1) is 11.5. The second-order valence-corrected chi connectivity index (χ2v) is 5.03. The molecule has 0 radical (unpaired) electrons. The third kappa shape index (κ3) is 2.89. The fraction of sp³-hybridized carbons (Fsp3) is 0.214. The molecule has 0 saturated heterocycles. The van der Waals surface area contributed by atoms with Crippen molar-refractivity contribution in [1.82, 2.24) is 19.6 Å². The van der Waals surface area contributed by atoms with Crippen LogP contribution in [0, 0.1) is 0 Å². The Labute approximate surface area is 134 Å². The molecule has 0 bridgehead atoms. The number of nitrogens with two attached hydrogens (primary N) is 1. The molecule has 124 valence electrons. The first-order valence-corrected chi connectivity index (χ1v) is 7.12. The van der Waals surface area contributed by atoms with Crippen molar-refractivity contribution in [3.8, 4) is 0 Å². The van der Waals surface area contributed by atoms with E-state index in [2.05, 4.69) is 15.6 Å². The molecule has 0 unspecified atom stereocenters. The predicted molar refractivity (Wildman–Crippen MR) is 84.5 cm³/mol. The van der Waals surface area contributed by atoms with Crippen LogP contribution in [0.25, 0.3) is 11.1 Å². The van der Waals surface area contributed by atoms with Crippen molar-refractivity contribution in [1.29, 1.82) is 0 Å². The maximum absolute atomic E-state index is 12.4. The summed E-state index contributed by atoms with van der Waals surface area (Å²) in [6.07, 6.45) is 1.70.